The maximum Gasteiger partial charge on any atom is 0.139 e. The summed E-state index contributed by atoms with van der Waals surface area (Å²) in [6.45, 7) is 3.26. The highest BCUT2D eigenvalue weighted by Gasteiger charge is 2.16. The molecule has 1 aromatic rings. The van der Waals surface area contributed by atoms with E-state index >= 15 is 0 Å². The average molecular weight is 330 g/mol. The number of rotatable bonds is 4. The lowest BCUT2D eigenvalue weighted by Gasteiger charge is -2.29. The number of nitrogens with two attached hydrogens (primary N) is 1. The van der Waals surface area contributed by atoms with Gasteiger partial charge in [-0.05, 0) is 67.3 Å². The zero-order chi connectivity index (χ0) is 13.8. The molecule has 1 saturated heterocycles. The molecule has 0 amide bonds. The van der Waals surface area contributed by atoms with Crippen molar-refractivity contribution in [3.05, 3.63) is 22.4 Å². The first-order valence-electron chi connectivity index (χ1n) is 6.73. The molecule has 5 heteroatoms. The van der Waals surface area contributed by atoms with Gasteiger partial charge in [0.1, 0.15) is 5.82 Å². The van der Waals surface area contributed by atoms with Gasteiger partial charge >= 0.3 is 0 Å². The topological polar surface area (TPSA) is 41.3 Å². The van der Waals surface area contributed by atoms with Crippen molar-refractivity contribution in [1.82, 2.24) is 4.90 Å². The molecule has 106 valence electrons. The van der Waals surface area contributed by atoms with E-state index in [1.807, 2.05) is 0 Å². The lowest BCUT2D eigenvalue weighted by atomic mass is 9.94. The van der Waals surface area contributed by atoms with Crippen LogP contribution in [0.25, 0.3) is 0 Å². The third-order valence-electron chi connectivity index (χ3n) is 3.80. The molecule has 19 heavy (non-hydrogen) atoms. The standard InChI is InChI=1S/C14H21BrFN3/c1-19-6-3-10(4-7-19)2-5-18-14-8-11(15)12(16)9-13(14)17/h8-10,18H,2-7,17H2,1H3. The zero-order valence-electron chi connectivity index (χ0n) is 11.3. The van der Waals surface area contributed by atoms with Crippen LogP contribution in [0.3, 0.4) is 0 Å². The molecular formula is C14H21BrFN3. The summed E-state index contributed by atoms with van der Waals surface area (Å²) in [5.41, 5.74) is 7.07. The monoisotopic (exact) mass is 329 g/mol. The Balaban J connectivity index is 1.81. The highest BCUT2D eigenvalue weighted by atomic mass is 79.9. The quantitative estimate of drug-likeness (QED) is 0.832. The highest BCUT2D eigenvalue weighted by Crippen LogP contribution is 2.27. The predicted octanol–water partition coefficient (Wildman–Crippen LogP) is 3.31. The number of piperidine rings is 1. The van der Waals surface area contributed by atoms with Gasteiger partial charge in [0, 0.05) is 12.6 Å². The van der Waals surface area contributed by atoms with Crippen molar-refractivity contribution in [2.24, 2.45) is 5.92 Å². The minimum atomic E-state index is -0.321. The molecule has 0 saturated carbocycles. The van der Waals surface area contributed by atoms with Crippen LogP contribution in [0.1, 0.15) is 19.3 Å². The van der Waals surface area contributed by atoms with Crippen molar-refractivity contribution in [3.8, 4) is 0 Å². The molecule has 0 aromatic heterocycles. The lowest BCUT2D eigenvalue weighted by Crippen LogP contribution is -2.30. The summed E-state index contributed by atoms with van der Waals surface area (Å²) in [5, 5.41) is 3.30. The number of hydrogen-bond donors (Lipinski definition) is 2. The molecule has 1 aliphatic rings. The summed E-state index contributed by atoms with van der Waals surface area (Å²) in [6.07, 6.45) is 3.67. The molecule has 1 fully saturated rings. The van der Waals surface area contributed by atoms with E-state index in [0.29, 0.717) is 10.2 Å². The van der Waals surface area contributed by atoms with Crippen molar-refractivity contribution in [2.75, 3.05) is 37.7 Å². The number of hydrogen-bond acceptors (Lipinski definition) is 3. The largest absolute Gasteiger partial charge is 0.397 e. The molecule has 3 nitrogen and oxygen atoms in total. The Hall–Kier alpha value is -0.810. The Morgan fingerprint density at radius 2 is 2.11 bits per heavy atom. The second-order valence-electron chi connectivity index (χ2n) is 5.32. The minimum Gasteiger partial charge on any atom is -0.397 e. The molecule has 0 atom stereocenters. The fourth-order valence-electron chi connectivity index (χ4n) is 2.48. The molecule has 0 aliphatic carbocycles. The number of nitrogens with zero attached hydrogens (tertiary/aromatic N) is 1. The molecular weight excluding hydrogens is 309 g/mol. The normalized spacial score (nSPS) is 17.6. The first-order chi connectivity index (χ1) is 9.06. The fourth-order valence-corrected chi connectivity index (χ4v) is 2.82. The molecule has 1 aromatic carbocycles. The molecule has 0 bridgehead atoms. The maximum absolute atomic E-state index is 13.2. The summed E-state index contributed by atoms with van der Waals surface area (Å²) < 4.78 is 13.7. The van der Waals surface area contributed by atoms with Crippen molar-refractivity contribution in [3.63, 3.8) is 0 Å². The molecule has 1 heterocycles. The van der Waals surface area contributed by atoms with Gasteiger partial charge < -0.3 is 16.0 Å². The van der Waals surface area contributed by atoms with Gasteiger partial charge in [-0.15, -0.1) is 0 Å². The molecule has 0 radical (unpaired) electrons. The van der Waals surface area contributed by atoms with Crippen LogP contribution in [-0.4, -0.2) is 31.6 Å². The SMILES string of the molecule is CN1CCC(CCNc2cc(Br)c(F)cc2N)CC1. The summed E-state index contributed by atoms with van der Waals surface area (Å²) in [7, 11) is 2.17. The first-order valence-corrected chi connectivity index (χ1v) is 7.52. The second kappa shape index (κ2) is 6.57. The van der Waals surface area contributed by atoms with E-state index < -0.39 is 0 Å². The second-order valence-corrected chi connectivity index (χ2v) is 6.17. The minimum absolute atomic E-state index is 0.321. The van der Waals surface area contributed by atoms with Gasteiger partial charge in [-0.2, -0.15) is 0 Å². The summed E-state index contributed by atoms with van der Waals surface area (Å²) in [4.78, 5) is 2.37. The Kier molecular flexibility index (Phi) is 5.05. The molecule has 1 aliphatic heterocycles. The van der Waals surface area contributed by atoms with E-state index in [1.54, 1.807) is 6.07 Å². The van der Waals surface area contributed by atoms with Gasteiger partial charge in [0.25, 0.3) is 0 Å². The van der Waals surface area contributed by atoms with Crippen molar-refractivity contribution >= 4 is 27.3 Å². The Morgan fingerprint density at radius 3 is 2.79 bits per heavy atom. The summed E-state index contributed by atoms with van der Waals surface area (Å²) in [5.74, 6) is 0.465. The predicted molar refractivity (Wildman–Crippen MR) is 81.8 cm³/mol. The number of halogens is 2. The van der Waals surface area contributed by atoms with Crippen molar-refractivity contribution in [1.29, 1.82) is 0 Å². The van der Waals surface area contributed by atoms with Gasteiger partial charge in [-0.3, -0.25) is 0 Å². The zero-order valence-corrected chi connectivity index (χ0v) is 12.8. The number of likely N-dealkylation sites (tertiary alicyclic amines) is 1. The highest BCUT2D eigenvalue weighted by molar-refractivity contribution is 9.10. The summed E-state index contributed by atoms with van der Waals surface area (Å²) >= 11 is 3.18. The van der Waals surface area contributed by atoms with Crippen LogP contribution < -0.4 is 11.1 Å². The molecule has 0 unspecified atom stereocenters. The van der Waals surface area contributed by atoms with E-state index in [1.165, 1.54) is 32.0 Å². The molecule has 2 rings (SSSR count). The van der Waals surface area contributed by atoms with Gasteiger partial charge in [-0.1, -0.05) is 0 Å². The van der Waals surface area contributed by atoms with E-state index in [-0.39, 0.29) is 5.82 Å². The van der Waals surface area contributed by atoms with Crippen molar-refractivity contribution in [2.45, 2.75) is 19.3 Å². The Morgan fingerprint density at radius 1 is 1.42 bits per heavy atom. The van der Waals surface area contributed by atoms with E-state index in [2.05, 4.69) is 33.2 Å². The van der Waals surface area contributed by atoms with Crippen LogP contribution in [0.4, 0.5) is 15.8 Å². The van der Waals surface area contributed by atoms with Crippen LogP contribution in [0.2, 0.25) is 0 Å². The number of nitrogens with one attached hydrogen (secondary N) is 1. The third-order valence-corrected chi connectivity index (χ3v) is 4.41. The smallest absolute Gasteiger partial charge is 0.139 e. The number of nitrogen functional groups attached to an aromatic ring is 1. The van der Waals surface area contributed by atoms with E-state index in [9.17, 15) is 4.39 Å². The van der Waals surface area contributed by atoms with Gasteiger partial charge in [-0.25, -0.2) is 4.39 Å². The van der Waals surface area contributed by atoms with Crippen LogP contribution in [0, 0.1) is 11.7 Å². The van der Waals surface area contributed by atoms with E-state index in [0.717, 1.165) is 24.6 Å². The first kappa shape index (κ1) is 14.6. The van der Waals surface area contributed by atoms with Gasteiger partial charge in [0.05, 0.1) is 15.8 Å². The Labute approximate surface area is 122 Å². The number of benzene rings is 1. The summed E-state index contributed by atoms with van der Waals surface area (Å²) in [6, 6.07) is 3.06. The molecule has 3 N–H and O–H groups in total. The van der Waals surface area contributed by atoms with Gasteiger partial charge in [0.2, 0.25) is 0 Å². The third kappa shape index (κ3) is 4.08. The fraction of sp³-hybridized carbons (Fsp3) is 0.571. The van der Waals surface area contributed by atoms with Crippen LogP contribution in [0.15, 0.2) is 16.6 Å². The number of anilines is 2. The van der Waals surface area contributed by atoms with Crippen LogP contribution >= 0.6 is 15.9 Å². The van der Waals surface area contributed by atoms with Crippen LogP contribution in [0.5, 0.6) is 0 Å². The Bertz CT molecular complexity index is 431. The average Bonchev–Trinajstić information content (AvgIpc) is 2.38. The van der Waals surface area contributed by atoms with E-state index in [4.69, 9.17) is 5.73 Å². The van der Waals surface area contributed by atoms with Gasteiger partial charge in [0.15, 0.2) is 0 Å². The maximum atomic E-state index is 13.2. The molecule has 0 spiro atoms. The van der Waals surface area contributed by atoms with Crippen LogP contribution in [-0.2, 0) is 0 Å². The van der Waals surface area contributed by atoms with Crippen molar-refractivity contribution < 1.29 is 4.39 Å². The lowest BCUT2D eigenvalue weighted by molar-refractivity contribution is 0.215.